The standard InChI is InChI=1S/C22H20O2S2/c23-22(25-19-12-6-2-7-13-19)21(17-16-18-10-4-1-5-11-18)26(24)20-14-8-3-9-15-20/h1-15,21H,16-17H2. The molecule has 0 saturated carbocycles. The number of hydrogen-bond donors (Lipinski definition) is 0. The molecule has 0 aliphatic heterocycles. The van der Waals surface area contributed by atoms with Gasteiger partial charge in [-0.15, -0.1) is 0 Å². The van der Waals surface area contributed by atoms with E-state index in [9.17, 15) is 9.00 Å². The summed E-state index contributed by atoms with van der Waals surface area (Å²) in [6.07, 6.45) is 1.29. The lowest BCUT2D eigenvalue weighted by molar-refractivity contribution is -0.110. The van der Waals surface area contributed by atoms with E-state index in [2.05, 4.69) is 0 Å². The second-order valence-electron chi connectivity index (χ2n) is 5.86. The van der Waals surface area contributed by atoms with Crippen molar-refractivity contribution in [2.24, 2.45) is 0 Å². The van der Waals surface area contributed by atoms with Crippen LogP contribution in [0.2, 0.25) is 0 Å². The minimum Gasteiger partial charge on any atom is -0.285 e. The Morgan fingerprint density at radius 2 is 1.35 bits per heavy atom. The van der Waals surface area contributed by atoms with Gasteiger partial charge < -0.3 is 0 Å². The van der Waals surface area contributed by atoms with Crippen LogP contribution in [0.1, 0.15) is 12.0 Å². The molecule has 0 N–H and O–H groups in total. The summed E-state index contributed by atoms with van der Waals surface area (Å²) in [7, 11) is -1.37. The fourth-order valence-electron chi connectivity index (χ4n) is 2.64. The third kappa shape index (κ3) is 5.16. The highest BCUT2D eigenvalue weighted by Crippen LogP contribution is 2.26. The van der Waals surface area contributed by atoms with Gasteiger partial charge in [0.25, 0.3) is 0 Å². The van der Waals surface area contributed by atoms with Gasteiger partial charge in [-0.1, -0.05) is 78.5 Å². The van der Waals surface area contributed by atoms with Crippen molar-refractivity contribution in [2.45, 2.75) is 27.9 Å². The van der Waals surface area contributed by atoms with Crippen LogP contribution in [0.5, 0.6) is 0 Å². The van der Waals surface area contributed by atoms with Crippen molar-refractivity contribution in [3.05, 3.63) is 96.6 Å². The highest BCUT2D eigenvalue weighted by atomic mass is 32.2. The molecule has 0 aliphatic rings. The fraction of sp³-hybridized carbons (Fsp3) is 0.136. The van der Waals surface area contributed by atoms with Crippen LogP contribution in [0.25, 0.3) is 0 Å². The first-order chi connectivity index (χ1) is 12.7. The van der Waals surface area contributed by atoms with Gasteiger partial charge in [0.2, 0.25) is 5.12 Å². The van der Waals surface area contributed by atoms with Gasteiger partial charge in [-0.05, 0) is 42.7 Å². The van der Waals surface area contributed by atoms with Crippen LogP contribution in [-0.4, -0.2) is 14.6 Å². The monoisotopic (exact) mass is 380 g/mol. The highest BCUT2D eigenvalue weighted by Gasteiger charge is 2.27. The van der Waals surface area contributed by atoms with Gasteiger partial charge in [0.05, 0.1) is 10.8 Å². The summed E-state index contributed by atoms with van der Waals surface area (Å²) < 4.78 is 13.1. The first kappa shape index (κ1) is 18.6. The van der Waals surface area contributed by atoms with Crippen LogP contribution in [0.4, 0.5) is 0 Å². The maximum Gasteiger partial charge on any atom is 0.209 e. The molecule has 0 heterocycles. The molecule has 2 nitrogen and oxygen atoms in total. The van der Waals surface area contributed by atoms with Crippen molar-refractivity contribution in [1.29, 1.82) is 0 Å². The topological polar surface area (TPSA) is 34.1 Å². The number of carbonyl (C=O) groups excluding carboxylic acids is 1. The molecule has 26 heavy (non-hydrogen) atoms. The average molecular weight is 381 g/mol. The fourth-order valence-corrected chi connectivity index (χ4v) is 5.09. The summed E-state index contributed by atoms with van der Waals surface area (Å²) in [4.78, 5) is 14.5. The van der Waals surface area contributed by atoms with E-state index in [4.69, 9.17) is 0 Å². The van der Waals surface area contributed by atoms with Gasteiger partial charge in [-0.2, -0.15) is 0 Å². The van der Waals surface area contributed by atoms with Crippen LogP contribution < -0.4 is 0 Å². The lowest BCUT2D eigenvalue weighted by Crippen LogP contribution is -2.24. The average Bonchev–Trinajstić information content (AvgIpc) is 2.70. The highest BCUT2D eigenvalue weighted by molar-refractivity contribution is 8.15. The maximum atomic E-state index is 13.1. The molecular formula is C22H20O2S2. The summed E-state index contributed by atoms with van der Waals surface area (Å²) in [6, 6.07) is 28.8. The Morgan fingerprint density at radius 1 is 0.808 bits per heavy atom. The first-order valence-electron chi connectivity index (χ1n) is 8.50. The molecule has 0 bridgehead atoms. The van der Waals surface area contributed by atoms with E-state index in [1.165, 1.54) is 11.8 Å². The Labute approximate surface area is 161 Å². The summed E-state index contributed by atoms with van der Waals surface area (Å²) in [6.45, 7) is 0. The van der Waals surface area contributed by atoms with E-state index in [-0.39, 0.29) is 5.12 Å². The van der Waals surface area contributed by atoms with Gasteiger partial charge in [0, 0.05) is 9.79 Å². The van der Waals surface area contributed by atoms with E-state index in [1.807, 2.05) is 91.0 Å². The number of rotatable bonds is 7. The van der Waals surface area contributed by atoms with Crippen molar-refractivity contribution < 1.29 is 9.00 Å². The third-order valence-electron chi connectivity index (χ3n) is 4.00. The van der Waals surface area contributed by atoms with Gasteiger partial charge in [-0.25, -0.2) is 0 Å². The predicted octanol–water partition coefficient (Wildman–Crippen LogP) is 5.11. The van der Waals surface area contributed by atoms with E-state index in [1.54, 1.807) is 0 Å². The largest absolute Gasteiger partial charge is 0.285 e. The van der Waals surface area contributed by atoms with Gasteiger partial charge in [0.15, 0.2) is 0 Å². The van der Waals surface area contributed by atoms with Crippen molar-refractivity contribution >= 4 is 27.7 Å². The van der Waals surface area contributed by atoms with Crippen LogP contribution >= 0.6 is 11.8 Å². The Morgan fingerprint density at radius 3 is 1.96 bits per heavy atom. The second-order valence-corrected chi connectivity index (χ2v) is 8.57. The normalized spacial score (nSPS) is 13.1. The minimum absolute atomic E-state index is 0.0469. The zero-order chi connectivity index (χ0) is 18.2. The molecule has 3 aromatic rings. The molecule has 0 amide bonds. The third-order valence-corrected chi connectivity index (χ3v) is 6.84. The lowest BCUT2D eigenvalue weighted by atomic mass is 10.1. The Bertz CT molecular complexity index is 849. The van der Waals surface area contributed by atoms with Gasteiger partial charge in [-0.3, -0.25) is 9.00 Å². The first-order valence-corrected chi connectivity index (χ1v) is 10.5. The number of carbonyl (C=O) groups is 1. The van der Waals surface area contributed by atoms with E-state index in [0.29, 0.717) is 11.3 Å². The molecule has 0 aromatic heterocycles. The molecule has 0 aliphatic carbocycles. The Kier molecular flexibility index (Phi) is 6.81. The van der Waals surface area contributed by atoms with Crippen LogP contribution in [-0.2, 0) is 22.0 Å². The van der Waals surface area contributed by atoms with Crippen molar-refractivity contribution in [2.75, 3.05) is 0 Å². The molecule has 0 spiro atoms. The second kappa shape index (κ2) is 9.51. The van der Waals surface area contributed by atoms with Crippen molar-refractivity contribution in [1.82, 2.24) is 0 Å². The molecule has 132 valence electrons. The molecule has 0 fully saturated rings. The van der Waals surface area contributed by atoms with E-state index >= 15 is 0 Å². The predicted molar refractivity (Wildman–Crippen MR) is 109 cm³/mol. The van der Waals surface area contributed by atoms with Crippen LogP contribution in [0.15, 0.2) is 101 Å². The zero-order valence-electron chi connectivity index (χ0n) is 14.3. The number of benzene rings is 3. The molecule has 3 aromatic carbocycles. The molecule has 0 radical (unpaired) electrons. The Balaban J connectivity index is 1.78. The van der Waals surface area contributed by atoms with E-state index < -0.39 is 16.0 Å². The molecule has 2 unspecified atom stereocenters. The summed E-state index contributed by atoms with van der Waals surface area (Å²) in [5, 5.41) is -0.586. The molecule has 4 heteroatoms. The minimum atomic E-state index is -1.37. The summed E-state index contributed by atoms with van der Waals surface area (Å²) in [5.74, 6) is 0. The summed E-state index contributed by atoms with van der Waals surface area (Å²) in [5.41, 5.74) is 1.15. The van der Waals surface area contributed by atoms with Gasteiger partial charge >= 0.3 is 0 Å². The molecule has 3 rings (SSSR count). The number of hydrogen-bond acceptors (Lipinski definition) is 3. The van der Waals surface area contributed by atoms with E-state index in [0.717, 1.165) is 16.9 Å². The number of thioether (sulfide) groups is 1. The van der Waals surface area contributed by atoms with Crippen molar-refractivity contribution in [3.8, 4) is 0 Å². The lowest BCUT2D eigenvalue weighted by Gasteiger charge is -2.15. The zero-order valence-corrected chi connectivity index (χ0v) is 15.9. The molecule has 0 saturated heterocycles. The Hall–Kier alpha value is -2.17. The smallest absolute Gasteiger partial charge is 0.209 e. The van der Waals surface area contributed by atoms with Crippen LogP contribution in [0, 0.1) is 0 Å². The quantitative estimate of drug-likeness (QED) is 0.534. The molecular weight excluding hydrogens is 360 g/mol. The van der Waals surface area contributed by atoms with Crippen LogP contribution in [0.3, 0.4) is 0 Å². The molecule has 2 atom stereocenters. The SMILES string of the molecule is O=C(Sc1ccccc1)C(CCc1ccccc1)S(=O)c1ccccc1. The van der Waals surface area contributed by atoms with Crippen molar-refractivity contribution in [3.63, 3.8) is 0 Å². The summed E-state index contributed by atoms with van der Waals surface area (Å²) >= 11 is 1.18. The van der Waals surface area contributed by atoms with Gasteiger partial charge in [0.1, 0.15) is 5.25 Å². The maximum absolute atomic E-state index is 13.1. The number of aryl methyl sites for hydroxylation is 1.